The number of aromatic nitrogens is 4. The monoisotopic (exact) mass is 597 g/mol. The number of ether oxygens (including phenoxy) is 4. The van der Waals surface area contributed by atoms with Gasteiger partial charge in [0, 0.05) is 25.3 Å². The number of rotatable bonds is 13. The van der Waals surface area contributed by atoms with E-state index in [4.69, 9.17) is 28.8 Å². The van der Waals surface area contributed by atoms with Gasteiger partial charge in [0.05, 0.1) is 18.3 Å². The second kappa shape index (κ2) is 14.8. The number of hydrogen-bond acceptors (Lipinski definition) is 10. The fourth-order valence-electron chi connectivity index (χ4n) is 3.89. The van der Waals surface area contributed by atoms with Crippen LogP contribution in [0.15, 0.2) is 42.5 Å². The standard InChI is InChI=1S/C25H33N5O5.C2HF3O2/c1-25(2,16-31)11-6-12-26-23(19-7-4-5-8-20(19)33-14-13-32-3)24-27-28-29-30(24)18-9-10-21-22(15-18)35-17-34-21;3-2(4,5)1(6)7/h4-5,7-10,15,23,26,31H,6,11-14,16-17H2,1-3H3;(H,6,7). The molecule has 12 nitrogen and oxygen atoms in total. The maximum Gasteiger partial charge on any atom is 0.490 e. The molecule has 0 spiro atoms. The molecule has 0 saturated carbocycles. The Labute approximate surface area is 240 Å². The SMILES string of the molecule is COCCOc1ccccc1C(NCCCC(C)(C)CO)c1nnnn1-c1ccc2c(c1)OCO2.O=C(O)C(F)(F)F. The van der Waals surface area contributed by atoms with E-state index in [0.29, 0.717) is 37.1 Å². The Morgan fingerprint density at radius 3 is 2.55 bits per heavy atom. The van der Waals surface area contributed by atoms with Gasteiger partial charge in [-0.3, -0.25) is 0 Å². The third-order valence-electron chi connectivity index (χ3n) is 6.18. The molecule has 2 aromatic carbocycles. The molecule has 0 radical (unpaired) electrons. The number of halogens is 3. The predicted molar refractivity (Wildman–Crippen MR) is 143 cm³/mol. The number of alkyl halides is 3. The lowest BCUT2D eigenvalue weighted by atomic mass is 9.89. The van der Waals surface area contributed by atoms with Gasteiger partial charge in [-0.15, -0.1) is 5.10 Å². The summed E-state index contributed by atoms with van der Waals surface area (Å²) in [6.45, 7) is 6.08. The number of nitrogens with one attached hydrogen (secondary N) is 1. The second-order valence-electron chi connectivity index (χ2n) is 9.98. The molecule has 0 aliphatic carbocycles. The fourth-order valence-corrected chi connectivity index (χ4v) is 3.89. The van der Waals surface area contributed by atoms with Gasteiger partial charge in [-0.2, -0.15) is 17.9 Å². The molecule has 0 amide bonds. The van der Waals surface area contributed by atoms with Crippen LogP contribution in [-0.2, 0) is 9.53 Å². The highest BCUT2D eigenvalue weighted by Gasteiger charge is 2.38. The zero-order valence-electron chi connectivity index (χ0n) is 23.4. The van der Waals surface area contributed by atoms with Crippen LogP contribution >= 0.6 is 0 Å². The van der Waals surface area contributed by atoms with Crippen LogP contribution in [0.5, 0.6) is 17.2 Å². The number of tetrazole rings is 1. The summed E-state index contributed by atoms with van der Waals surface area (Å²) in [7, 11) is 1.65. The van der Waals surface area contributed by atoms with Crippen molar-refractivity contribution in [1.29, 1.82) is 0 Å². The minimum atomic E-state index is -5.08. The van der Waals surface area contributed by atoms with Crippen molar-refractivity contribution in [3.63, 3.8) is 0 Å². The number of benzene rings is 2. The molecule has 3 aromatic rings. The molecule has 0 fully saturated rings. The van der Waals surface area contributed by atoms with Gasteiger partial charge in [0.25, 0.3) is 0 Å². The molecular formula is C27H34F3N5O7. The Morgan fingerprint density at radius 2 is 1.86 bits per heavy atom. The number of aliphatic hydroxyl groups excluding tert-OH is 1. The summed E-state index contributed by atoms with van der Waals surface area (Å²) in [6, 6.07) is 13.1. The highest BCUT2D eigenvalue weighted by atomic mass is 19.4. The number of hydrogen-bond donors (Lipinski definition) is 3. The lowest BCUT2D eigenvalue weighted by Gasteiger charge is -2.24. The van der Waals surface area contributed by atoms with E-state index >= 15 is 0 Å². The lowest BCUT2D eigenvalue weighted by Crippen LogP contribution is -2.28. The Kier molecular flexibility index (Phi) is 11.5. The molecule has 230 valence electrons. The van der Waals surface area contributed by atoms with Crippen LogP contribution in [0.4, 0.5) is 13.2 Å². The number of carboxylic acids is 1. The average molecular weight is 598 g/mol. The number of methoxy groups -OCH3 is 1. The van der Waals surface area contributed by atoms with Gasteiger partial charge in [0.1, 0.15) is 12.4 Å². The summed E-state index contributed by atoms with van der Waals surface area (Å²) >= 11 is 0. The Morgan fingerprint density at radius 1 is 1.14 bits per heavy atom. The van der Waals surface area contributed by atoms with Crippen molar-refractivity contribution in [3.05, 3.63) is 53.9 Å². The minimum absolute atomic E-state index is 0.133. The van der Waals surface area contributed by atoms with Crippen LogP contribution in [0.1, 0.15) is 44.1 Å². The molecule has 0 saturated heterocycles. The van der Waals surface area contributed by atoms with E-state index in [-0.39, 0.29) is 24.9 Å². The van der Waals surface area contributed by atoms with E-state index in [2.05, 4.69) is 34.7 Å². The molecule has 0 bridgehead atoms. The van der Waals surface area contributed by atoms with Gasteiger partial charge >= 0.3 is 12.1 Å². The van der Waals surface area contributed by atoms with Gasteiger partial charge in [0.2, 0.25) is 6.79 Å². The summed E-state index contributed by atoms with van der Waals surface area (Å²) in [5.74, 6) is -0.0528. The number of para-hydroxylation sites is 1. The summed E-state index contributed by atoms with van der Waals surface area (Å²) in [6.07, 6.45) is -3.33. The summed E-state index contributed by atoms with van der Waals surface area (Å²) in [5, 5.41) is 33.0. The molecule has 1 aliphatic heterocycles. The van der Waals surface area contributed by atoms with Crippen molar-refractivity contribution in [3.8, 4) is 22.9 Å². The predicted octanol–water partition coefficient (Wildman–Crippen LogP) is 3.53. The number of aliphatic hydroxyl groups is 1. The van der Waals surface area contributed by atoms with E-state index in [1.54, 1.807) is 11.8 Å². The average Bonchev–Trinajstić information content (AvgIpc) is 3.63. The maximum atomic E-state index is 10.6. The molecule has 2 heterocycles. The molecule has 15 heteroatoms. The molecule has 3 N–H and O–H groups in total. The lowest BCUT2D eigenvalue weighted by molar-refractivity contribution is -0.192. The van der Waals surface area contributed by atoms with Crippen LogP contribution in [0.3, 0.4) is 0 Å². The summed E-state index contributed by atoms with van der Waals surface area (Å²) < 4.78 is 55.6. The molecule has 1 atom stereocenters. The van der Waals surface area contributed by atoms with Gasteiger partial charge in [0.15, 0.2) is 17.3 Å². The number of nitrogens with zero attached hydrogens (tertiary/aromatic N) is 4. The third-order valence-corrected chi connectivity index (χ3v) is 6.18. The van der Waals surface area contributed by atoms with Crippen LogP contribution in [0.2, 0.25) is 0 Å². The largest absolute Gasteiger partial charge is 0.491 e. The molecular weight excluding hydrogens is 563 g/mol. The van der Waals surface area contributed by atoms with Crippen LogP contribution in [0.25, 0.3) is 5.69 Å². The Balaban J connectivity index is 0.000000616. The van der Waals surface area contributed by atoms with Gasteiger partial charge in [-0.05, 0) is 53.4 Å². The zero-order valence-corrected chi connectivity index (χ0v) is 23.4. The highest BCUT2D eigenvalue weighted by Crippen LogP contribution is 2.35. The van der Waals surface area contributed by atoms with Crippen molar-refractivity contribution in [2.24, 2.45) is 5.41 Å². The number of fused-ring (bicyclic) bond motifs is 1. The first-order chi connectivity index (χ1) is 20.0. The fraction of sp³-hybridized carbons (Fsp3) is 0.481. The first-order valence-electron chi connectivity index (χ1n) is 13.0. The van der Waals surface area contributed by atoms with E-state index in [1.165, 1.54) is 0 Å². The van der Waals surface area contributed by atoms with Gasteiger partial charge in [-0.1, -0.05) is 32.0 Å². The minimum Gasteiger partial charge on any atom is -0.491 e. The topological polar surface area (TPSA) is 150 Å². The first kappa shape index (κ1) is 32.6. The molecule has 1 unspecified atom stereocenters. The number of carboxylic acid groups (broad SMARTS) is 1. The summed E-state index contributed by atoms with van der Waals surface area (Å²) in [4.78, 5) is 8.90. The first-order valence-corrected chi connectivity index (χ1v) is 13.0. The van der Waals surface area contributed by atoms with Gasteiger partial charge in [-0.25, -0.2) is 4.79 Å². The highest BCUT2D eigenvalue weighted by molar-refractivity contribution is 5.73. The second-order valence-corrected chi connectivity index (χ2v) is 9.98. The quantitative estimate of drug-likeness (QED) is 0.248. The van der Waals surface area contributed by atoms with Crippen molar-refractivity contribution in [2.45, 2.75) is 38.9 Å². The maximum absolute atomic E-state index is 10.6. The Hall–Kier alpha value is -3.95. The Bertz CT molecular complexity index is 1300. The van der Waals surface area contributed by atoms with Crippen molar-refractivity contribution >= 4 is 5.97 Å². The van der Waals surface area contributed by atoms with E-state index in [1.807, 2.05) is 42.5 Å². The van der Waals surface area contributed by atoms with E-state index in [9.17, 15) is 18.3 Å². The summed E-state index contributed by atoms with van der Waals surface area (Å²) in [5.41, 5.74) is 1.55. The van der Waals surface area contributed by atoms with Crippen molar-refractivity contribution in [1.82, 2.24) is 25.5 Å². The van der Waals surface area contributed by atoms with Crippen LogP contribution in [-0.4, -0.2) is 82.8 Å². The zero-order chi connectivity index (χ0) is 30.8. The van der Waals surface area contributed by atoms with E-state index < -0.39 is 12.1 Å². The van der Waals surface area contributed by atoms with Crippen LogP contribution in [0, 0.1) is 5.41 Å². The van der Waals surface area contributed by atoms with Gasteiger partial charge < -0.3 is 34.5 Å². The van der Waals surface area contributed by atoms with Crippen LogP contribution < -0.4 is 19.5 Å². The third kappa shape index (κ3) is 9.03. The molecule has 1 aromatic heterocycles. The smallest absolute Gasteiger partial charge is 0.490 e. The molecule has 1 aliphatic rings. The molecule has 4 rings (SSSR count). The van der Waals surface area contributed by atoms with E-state index in [0.717, 1.165) is 29.8 Å². The number of aliphatic carboxylic acids is 1. The van der Waals surface area contributed by atoms with Crippen molar-refractivity contribution < 1.29 is 47.1 Å². The number of carbonyl (C=O) groups is 1. The molecule has 42 heavy (non-hydrogen) atoms. The van der Waals surface area contributed by atoms with Crippen molar-refractivity contribution in [2.75, 3.05) is 40.3 Å². The normalized spacial score (nSPS) is 13.3.